The van der Waals surface area contributed by atoms with Crippen LogP contribution < -0.4 is 4.74 Å². The molecule has 1 aliphatic heterocycles. The number of amides is 1. The number of ether oxygens (including phenoxy) is 1. The molecule has 166 valence electrons. The summed E-state index contributed by atoms with van der Waals surface area (Å²) in [7, 11) is 1.61. The molecule has 1 unspecified atom stereocenters. The average molecular weight is 462 g/mol. The number of benzene rings is 2. The SMILES string of the molecule is COc1ccccc1C1CC(c2ccco2)=NN1C(=O)c1c(-c2ccccc2Cl)noc1C. The summed E-state index contributed by atoms with van der Waals surface area (Å²) in [6, 6.07) is 18.0. The number of carbonyl (C=O) groups is 1. The molecular formula is C25H20ClN3O4. The molecule has 5 rings (SSSR count). The van der Waals surface area contributed by atoms with Crippen LogP contribution in [0.2, 0.25) is 5.02 Å². The molecule has 0 saturated carbocycles. The van der Waals surface area contributed by atoms with Crippen LogP contribution >= 0.6 is 11.6 Å². The predicted octanol–water partition coefficient (Wildman–Crippen LogP) is 5.90. The lowest BCUT2D eigenvalue weighted by molar-refractivity contribution is 0.0708. The van der Waals surface area contributed by atoms with Crippen LogP contribution in [0, 0.1) is 6.92 Å². The molecule has 0 spiro atoms. The fraction of sp³-hybridized carbons (Fsp3) is 0.160. The van der Waals surface area contributed by atoms with Crippen molar-refractivity contribution in [2.45, 2.75) is 19.4 Å². The Bertz CT molecular complexity index is 1340. The minimum Gasteiger partial charge on any atom is -0.496 e. The zero-order valence-electron chi connectivity index (χ0n) is 18.0. The van der Waals surface area contributed by atoms with Gasteiger partial charge in [0.15, 0.2) is 0 Å². The zero-order chi connectivity index (χ0) is 22.9. The Kier molecular flexibility index (Phi) is 5.48. The van der Waals surface area contributed by atoms with Crippen LogP contribution in [-0.2, 0) is 0 Å². The summed E-state index contributed by atoms with van der Waals surface area (Å²) in [5, 5.41) is 10.7. The zero-order valence-corrected chi connectivity index (χ0v) is 18.7. The minimum atomic E-state index is -0.401. The van der Waals surface area contributed by atoms with Crippen molar-refractivity contribution in [3.8, 4) is 17.0 Å². The van der Waals surface area contributed by atoms with Gasteiger partial charge in [0.25, 0.3) is 5.91 Å². The second-order valence-corrected chi connectivity index (χ2v) is 7.99. The molecule has 2 aromatic carbocycles. The van der Waals surface area contributed by atoms with Crippen molar-refractivity contribution in [1.29, 1.82) is 0 Å². The van der Waals surface area contributed by atoms with E-state index in [2.05, 4.69) is 10.3 Å². The van der Waals surface area contributed by atoms with Crippen LogP contribution in [0.3, 0.4) is 0 Å². The topological polar surface area (TPSA) is 81.1 Å². The van der Waals surface area contributed by atoms with Gasteiger partial charge in [-0.25, -0.2) is 5.01 Å². The van der Waals surface area contributed by atoms with Gasteiger partial charge in [-0.05, 0) is 31.2 Å². The number of aryl methyl sites for hydroxylation is 1. The van der Waals surface area contributed by atoms with Crippen LogP contribution in [0.4, 0.5) is 0 Å². The normalized spacial score (nSPS) is 15.5. The number of hydrogen-bond donors (Lipinski definition) is 0. The van der Waals surface area contributed by atoms with E-state index < -0.39 is 6.04 Å². The number of hydrogen-bond acceptors (Lipinski definition) is 6. The monoisotopic (exact) mass is 461 g/mol. The lowest BCUT2D eigenvalue weighted by atomic mass is 9.98. The van der Waals surface area contributed by atoms with E-state index in [1.54, 1.807) is 38.5 Å². The quantitative estimate of drug-likeness (QED) is 0.369. The van der Waals surface area contributed by atoms with Gasteiger partial charge in [0.1, 0.15) is 34.2 Å². The Balaban J connectivity index is 1.62. The maximum atomic E-state index is 13.9. The van der Waals surface area contributed by atoms with Crippen molar-refractivity contribution in [2.24, 2.45) is 5.10 Å². The Morgan fingerprint density at radius 2 is 1.91 bits per heavy atom. The van der Waals surface area contributed by atoms with Gasteiger partial charge in [0, 0.05) is 17.5 Å². The fourth-order valence-corrected chi connectivity index (χ4v) is 4.27. The summed E-state index contributed by atoms with van der Waals surface area (Å²) >= 11 is 6.40. The highest BCUT2D eigenvalue weighted by atomic mass is 35.5. The number of methoxy groups -OCH3 is 1. The Labute approximate surface area is 195 Å². The number of furan rings is 1. The predicted molar refractivity (Wildman–Crippen MR) is 123 cm³/mol. The standard InChI is InChI=1S/C25H20ClN3O4/c1-15-23(24(28-33-15)16-8-3-5-10-18(16)26)25(30)29-20(17-9-4-6-11-21(17)31-2)14-19(27-29)22-12-7-13-32-22/h3-13,20H,14H2,1-2H3. The number of para-hydroxylation sites is 1. The lowest BCUT2D eigenvalue weighted by Gasteiger charge is -2.23. The summed E-state index contributed by atoms with van der Waals surface area (Å²) in [6.07, 6.45) is 2.05. The third-order valence-electron chi connectivity index (χ3n) is 5.63. The molecule has 1 aliphatic rings. The number of hydrazone groups is 1. The molecule has 0 radical (unpaired) electrons. The van der Waals surface area contributed by atoms with E-state index in [1.807, 2.05) is 42.5 Å². The third kappa shape index (κ3) is 3.70. The van der Waals surface area contributed by atoms with Crippen molar-refractivity contribution in [2.75, 3.05) is 7.11 Å². The highest BCUT2D eigenvalue weighted by Crippen LogP contribution is 2.40. The van der Waals surface area contributed by atoms with E-state index in [0.717, 1.165) is 5.56 Å². The number of carbonyl (C=O) groups excluding carboxylic acids is 1. The van der Waals surface area contributed by atoms with Gasteiger partial charge in [-0.1, -0.05) is 53.2 Å². The maximum absolute atomic E-state index is 13.9. The van der Waals surface area contributed by atoms with Crippen LogP contribution in [0.15, 0.2) is 81.0 Å². The summed E-state index contributed by atoms with van der Waals surface area (Å²) < 4.78 is 16.6. The van der Waals surface area contributed by atoms with Crippen molar-refractivity contribution in [3.63, 3.8) is 0 Å². The average Bonchev–Trinajstić information content (AvgIpc) is 3.58. The van der Waals surface area contributed by atoms with E-state index in [4.69, 9.17) is 25.3 Å². The van der Waals surface area contributed by atoms with Gasteiger partial charge >= 0.3 is 0 Å². The number of nitrogens with zero attached hydrogens (tertiary/aromatic N) is 3. The summed E-state index contributed by atoms with van der Waals surface area (Å²) in [5.41, 5.74) is 2.81. The number of halogens is 1. The molecule has 1 atom stereocenters. The molecule has 0 fully saturated rings. The highest BCUT2D eigenvalue weighted by Gasteiger charge is 2.38. The molecule has 8 heteroatoms. The van der Waals surface area contributed by atoms with Gasteiger partial charge in [0.05, 0.1) is 24.4 Å². The molecule has 3 heterocycles. The van der Waals surface area contributed by atoms with Crippen LogP contribution in [0.1, 0.15) is 39.9 Å². The first-order valence-corrected chi connectivity index (χ1v) is 10.7. The Morgan fingerprint density at radius 1 is 1.12 bits per heavy atom. The first-order chi connectivity index (χ1) is 16.1. The van der Waals surface area contributed by atoms with E-state index >= 15 is 0 Å². The molecule has 2 aromatic heterocycles. The molecule has 4 aromatic rings. The summed E-state index contributed by atoms with van der Waals surface area (Å²) in [5.74, 6) is 1.32. The van der Waals surface area contributed by atoms with Gasteiger partial charge in [-0.15, -0.1) is 0 Å². The lowest BCUT2D eigenvalue weighted by Crippen LogP contribution is -2.28. The summed E-state index contributed by atoms with van der Waals surface area (Å²) in [6.45, 7) is 1.70. The molecule has 0 N–H and O–H groups in total. The first kappa shape index (κ1) is 21.0. The largest absolute Gasteiger partial charge is 0.496 e. The van der Waals surface area contributed by atoms with Gasteiger partial charge in [0.2, 0.25) is 0 Å². The molecule has 0 aliphatic carbocycles. The molecule has 7 nitrogen and oxygen atoms in total. The van der Waals surface area contributed by atoms with Gasteiger partial charge in [-0.3, -0.25) is 4.79 Å². The van der Waals surface area contributed by atoms with Crippen molar-refractivity contribution in [1.82, 2.24) is 10.2 Å². The Morgan fingerprint density at radius 3 is 2.67 bits per heavy atom. The van der Waals surface area contributed by atoms with Crippen LogP contribution in [0.25, 0.3) is 11.3 Å². The molecule has 1 amide bonds. The van der Waals surface area contributed by atoms with Gasteiger partial charge in [-0.2, -0.15) is 5.10 Å². The second-order valence-electron chi connectivity index (χ2n) is 7.58. The number of rotatable bonds is 5. The van der Waals surface area contributed by atoms with Crippen molar-refractivity contribution >= 4 is 23.2 Å². The van der Waals surface area contributed by atoms with E-state index in [-0.39, 0.29) is 5.91 Å². The van der Waals surface area contributed by atoms with Crippen molar-refractivity contribution < 1.29 is 18.5 Å². The van der Waals surface area contributed by atoms with E-state index in [1.165, 1.54) is 5.01 Å². The van der Waals surface area contributed by atoms with Crippen LogP contribution in [0.5, 0.6) is 5.75 Å². The number of aromatic nitrogens is 1. The maximum Gasteiger partial charge on any atom is 0.280 e. The summed E-state index contributed by atoms with van der Waals surface area (Å²) in [4.78, 5) is 13.9. The Hall–Kier alpha value is -3.84. The van der Waals surface area contributed by atoms with Crippen LogP contribution in [-0.4, -0.2) is 28.9 Å². The molecule has 0 saturated heterocycles. The third-order valence-corrected chi connectivity index (χ3v) is 5.96. The van der Waals surface area contributed by atoms with Crippen molar-refractivity contribution in [3.05, 3.63) is 94.6 Å². The molecular weight excluding hydrogens is 442 g/mol. The fourth-order valence-electron chi connectivity index (χ4n) is 4.05. The van der Waals surface area contributed by atoms with Gasteiger partial charge < -0.3 is 13.7 Å². The van der Waals surface area contributed by atoms with E-state index in [9.17, 15) is 4.79 Å². The second kappa shape index (κ2) is 8.60. The molecule has 33 heavy (non-hydrogen) atoms. The highest BCUT2D eigenvalue weighted by molar-refractivity contribution is 6.33. The first-order valence-electron chi connectivity index (χ1n) is 10.4. The van der Waals surface area contributed by atoms with E-state index in [0.29, 0.717) is 51.2 Å². The minimum absolute atomic E-state index is 0.312. The molecule has 0 bridgehead atoms. The smallest absolute Gasteiger partial charge is 0.280 e.